The van der Waals surface area contributed by atoms with E-state index in [2.05, 4.69) is 51.9 Å². The number of rotatable bonds is 34. The van der Waals surface area contributed by atoms with Crippen LogP contribution in [0.2, 0.25) is 0 Å². The van der Waals surface area contributed by atoms with Gasteiger partial charge < -0.3 is 92.8 Å². The minimum absolute atomic E-state index is 0.0168. The molecule has 1 aromatic heterocycles. The van der Waals surface area contributed by atoms with Crippen LogP contribution in [-0.4, -0.2) is 166 Å². The van der Waals surface area contributed by atoms with Crippen molar-refractivity contribution in [1.29, 1.82) is 0 Å². The van der Waals surface area contributed by atoms with Gasteiger partial charge in [0.15, 0.2) is 11.9 Å². The van der Waals surface area contributed by atoms with Gasteiger partial charge >= 0.3 is 0 Å². The summed E-state index contributed by atoms with van der Waals surface area (Å²) in [5.74, 6) is -7.68. The molecule has 1 fully saturated rings. The van der Waals surface area contributed by atoms with Gasteiger partial charge in [0.1, 0.15) is 42.3 Å². The minimum atomic E-state index is -1.65. The molecule has 1 aliphatic heterocycles. The van der Waals surface area contributed by atoms with Crippen LogP contribution in [0.15, 0.2) is 22.5 Å². The molecule has 9 amide bonds. The molecule has 0 saturated carbocycles. The number of nitrogens with two attached hydrogens (primary N) is 8. The van der Waals surface area contributed by atoms with Crippen LogP contribution in [0.4, 0.5) is 0 Å². The molecular formula is C43H77N19O10. The highest BCUT2D eigenvalue weighted by Crippen LogP contribution is 2.21. The molecule has 2 rings (SSSR count). The molecule has 8 atom stereocenters. The van der Waals surface area contributed by atoms with Crippen LogP contribution < -0.4 is 77.8 Å². The highest BCUT2D eigenvalue weighted by molar-refractivity contribution is 5.98. The summed E-state index contributed by atoms with van der Waals surface area (Å²) in [7, 11) is 0. The van der Waals surface area contributed by atoms with E-state index in [0.29, 0.717) is 31.5 Å². The summed E-state index contributed by atoms with van der Waals surface area (Å²) in [6, 6.07) is -10.2. The van der Waals surface area contributed by atoms with Gasteiger partial charge in [0, 0.05) is 44.4 Å². The second-order valence-electron chi connectivity index (χ2n) is 17.8. The predicted octanol–water partition coefficient (Wildman–Crippen LogP) is -6.80. The third-order valence-electron chi connectivity index (χ3n) is 11.4. The molecular weight excluding hydrogens is 943 g/mol. The number of aromatic nitrogens is 2. The summed E-state index contributed by atoms with van der Waals surface area (Å²) in [4.78, 5) is 136. The summed E-state index contributed by atoms with van der Waals surface area (Å²) < 4.78 is 0. The predicted molar refractivity (Wildman–Crippen MR) is 263 cm³/mol. The molecule has 24 N–H and O–H groups in total. The molecule has 29 nitrogen and oxygen atoms in total. The zero-order chi connectivity index (χ0) is 53.9. The summed E-state index contributed by atoms with van der Waals surface area (Å²) in [5, 5.41) is 25.8. The zero-order valence-electron chi connectivity index (χ0n) is 41.1. The Morgan fingerprint density at radius 2 is 1.25 bits per heavy atom. The number of hydrogen-bond donors (Lipinski definition) is 16. The lowest BCUT2D eigenvalue weighted by Crippen LogP contribution is -2.61. The van der Waals surface area contributed by atoms with E-state index in [4.69, 9.17) is 45.9 Å². The number of nitrogens with one attached hydrogen (secondary N) is 7. The van der Waals surface area contributed by atoms with Crippen molar-refractivity contribution in [2.24, 2.45) is 61.8 Å². The number of hydrogen-bond acceptors (Lipinski definition) is 15. The molecule has 0 spiro atoms. The van der Waals surface area contributed by atoms with Crippen molar-refractivity contribution in [2.45, 2.75) is 146 Å². The molecule has 0 bridgehead atoms. The van der Waals surface area contributed by atoms with E-state index in [1.165, 1.54) is 17.4 Å². The van der Waals surface area contributed by atoms with Crippen molar-refractivity contribution >= 4 is 65.1 Å². The molecule has 1 aromatic rings. The molecule has 29 heteroatoms. The minimum Gasteiger partial charge on any atom is -0.394 e. The number of carbonyl (C=O) groups excluding carboxylic acids is 9. The Morgan fingerprint density at radius 3 is 1.81 bits per heavy atom. The maximum Gasteiger partial charge on any atom is 0.245 e. The average molecular weight is 1020 g/mol. The Kier molecular flexibility index (Phi) is 27.1. The highest BCUT2D eigenvalue weighted by Gasteiger charge is 2.40. The fourth-order valence-electron chi connectivity index (χ4n) is 7.60. The van der Waals surface area contributed by atoms with E-state index in [-0.39, 0.29) is 102 Å². The van der Waals surface area contributed by atoms with Crippen molar-refractivity contribution < 1.29 is 48.3 Å². The van der Waals surface area contributed by atoms with E-state index in [1.807, 2.05) is 0 Å². The Morgan fingerprint density at radius 1 is 0.708 bits per heavy atom. The molecule has 2 heterocycles. The fourth-order valence-corrected chi connectivity index (χ4v) is 7.60. The zero-order valence-corrected chi connectivity index (χ0v) is 41.1. The molecule has 0 aromatic carbocycles. The van der Waals surface area contributed by atoms with E-state index in [0.717, 1.165) is 0 Å². The van der Waals surface area contributed by atoms with Gasteiger partial charge in [-0.1, -0.05) is 13.8 Å². The topological polar surface area (TPSA) is 511 Å². The number of guanidine groups is 2. The molecule has 1 aliphatic rings. The molecule has 0 aliphatic carbocycles. The third kappa shape index (κ3) is 22.3. The van der Waals surface area contributed by atoms with Crippen LogP contribution in [0.3, 0.4) is 0 Å². The lowest BCUT2D eigenvalue weighted by Gasteiger charge is -2.31. The maximum absolute atomic E-state index is 14.2. The molecule has 1 saturated heterocycles. The van der Waals surface area contributed by atoms with E-state index >= 15 is 0 Å². The molecule has 72 heavy (non-hydrogen) atoms. The number of aromatic amines is 1. The number of unbranched alkanes of at least 4 members (excludes halogenated alkanes) is 1. The SMILES string of the molecule is CC(C)C[C@H](NC(=O)[C@H](CCCN=C(N)N)NC(=O)[C@@H]1CCCN1C(=O)[C@H](CCCN=C(N)N)NC(=O)[C@@H](N)CCC(N)=O)C(=O)N[C@@H](CO)C(=O)N[C@@H](Cc1cnc[nH]1)C(=O)N[C@@H](CCCCN)C(N)=O. The lowest BCUT2D eigenvalue weighted by atomic mass is 10.0. The van der Waals surface area contributed by atoms with Crippen molar-refractivity contribution in [3.63, 3.8) is 0 Å². The number of imidazole rings is 1. The van der Waals surface area contributed by atoms with Gasteiger partial charge in [0.25, 0.3) is 0 Å². The second-order valence-corrected chi connectivity index (χ2v) is 17.8. The number of nitrogens with zero attached hydrogens (tertiary/aromatic N) is 4. The number of likely N-dealkylation sites (tertiary alicyclic amines) is 1. The number of aliphatic hydroxyl groups is 1. The normalized spacial score (nSPS) is 16.1. The van der Waals surface area contributed by atoms with Crippen molar-refractivity contribution in [3.8, 4) is 0 Å². The van der Waals surface area contributed by atoms with Gasteiger partial charge in [-0.3, -0.25) is 53.1 Å². The van der Waals surface area contributed by atoms with Gasteiger partial charge in [0.05, 0.1) is 19.0 Å². The van der Waals surface area contributed by atoms with Crippen LogP contribution in [0.25, 0.3) is 0 Å². The van der Waals surface area contributed by atoms with E-state index in [9.17, 15) is 48.3 Å². The first-order valence-electron chi connectivity index (χ1n) is 23.9. The summed E-state index contributed by atoms with van der Waals surface area (Å²) in [5.41, 5.74) is 44.6. The largest absolute Gasteiger partial charge is 0.394 e. The molecule has 0 unspecified atom stereocenters. The van der Waals surface area contributed by atoms with Crippen LogP contribution in [-0.2, 0) is 49.6 Å². The number of aliphatic hydroxyl groups excluding tert-OH is 1. The van der Waals surface area contributed by atoms with Crippen LogP contribution in [0, 0.1) is 5.92 Å². The van der Waals surface area contributed by atoms with Gasteiger partial charge in [-0.05, 0) is 83.1 Å². The van der Waals surface area contributed by atoms with Crippen LogP contribution in [0.5, 0.6) is 0 Å². The summed E-state index contributed by atoms with van der Waals surface area (Å²) in [6.07, 6.45) is 4.56. The van der Waals surface area contributed by atoms with E-state index in [1.54, 1.807) is 13.8 Å². The Labute approximate surface area is 417 Å². The average Bonchev–Trinajstić information content (AvgIpc) is 4.03. The first kappa shape index (κ1) is 61.0. The maximum atomic E-state index is 14.2. The Bertz CT molecular complexity index is 2010. The van der Waals surface area contributed by atoms with E-state index < -0.39 is 108 Å². The monoisotopic (exact) mass is 1020 g/mol. The third-order valence-corrected chi connectivity index (χ3v) is 11.4. The van der Waals surface area contributed by atoms with Crippen LogP contribution >= 0.6 is 0 Å². The number of amides is 9. The smallest absolute Gasteiger partial charge is 0.245 e. The van der Waals surface area contributed by atoms with Crippen molar-refractivity contribution in [3.05, 3.63) is 18.2 Å². The van der Waals surface area contributed by atoms with Crippen molar-refractivity contribution in [1.82, 2.24) is 46.8 Å². The standard InChI is InChI=1S/C43H77N19O10/c1-23(2)18-29(37(68)61-31(21-63)39(70)60-30(19-24-20-52-22-55-24)38(69)56-26(34(47)65)8-3-4-14-44)59-36(67)27(9-5-15-53-42(48)49)57-40(71)32-11-7-17-62(32)41(72)28(10-6-16-54-43(50)51)58-35(66)25(45)12-13-33(46)64/h20,22-23,25-32,63H,3-19,21,44-45H2,1-2H3,(H2,46,64)(H2,47,65)(H,52,55)(H,56,69)(H,57,71)(H,58,66)(H,59,67)(H,60,70)(H,61,68)(H4,48,49,53)(H4,50,51,54)/t25-,26-,27-,28-,29-,30-,31-,32-/m0/s1. The number of carbonyl (C=O) groups is 9. The molecule has 0 radical (unpaired) electrons. The number of H-pyrrole nitrogens is 1. The van der Waals surface area contributed by atoms with Crippen molar-refractivity contribution in [2.75, 3.05) is 32.8 Å². The first-order valence-corrected chi connectivity index (χ1v) is 23.9. The van der Waals surface area contributed by atoms with Crippen LogP contribution in [0.1, 0.15) is 96.6 Å². The van der Waals surface area contributed by atoms with Gasteiger partial charge in [0.2, 0.25) is 53.2 Å². The Hall–Kier alpha value is -7.14. The Balaban J connectivity index is 2.35. The summed E-state index contributed by atoms with van der Waals surface area (Å²) in [6.45, 7) is 3.22. The van der Waals surface area contributed by atoms with Gasteiger partial charge in [-0.15, -0.1) is 0 Å². The number of aliphatic imine (C=N–C) groups is 2. The quantitative estimate of drug-likeness (QED) is 0.0173. The lowest BCUT2D eigenvalue weighted by molar-refractivity contribution is -0.142. The highest BCUT2D eigenvalue weighted by atomic mass is 16.3. The first-order chi connectivity index (χ1) is 34.1. The summed E-state index contributed by atoms with van der Waals surface area (Å²) >= 11 is 0. The van der Waals surface area contributed by atoms with Gasteiger partial charge in [-0.25, -0.2) is 4.98 Å². The molecule has 404 valence electrons. The number of primary amides is 2. The fraction of sp³-hybridized carbons (Fsp3) is 0.674. The second kappa shape index (κ2) is 32.0. The van der Waals surface area contributed by atoms with Gasteiger partial charge in [-0.2, -0.15) is 0 Å².